The largest absolute Gasteiger partial charge is 0.493 e. The maximum absolute atomic E-state index is 13.6. The number of aliphatic hydroxyl groups is 1. The van der Waals surface area contributed by atoms with Crippen molar-refractivity contribution in [3.05, 3.63) is 59.2 Å². The van der Waals surface area contributed by atoms with Gasteiger partial charge in [-0.1, -0.05) is 18.2 Å². The Balaban J connectivity index is 1.42. The van der Waals surface area contributed by atoms with Crippen LogP contribution in [0.15, 0.2) is 47.5 Å². The first kappa shape index (κ1) is 28.4. The molecule has 0 bridgehead atoms. The number of aliphatic hydroxyl groups excluding tert-OH is 1. The summed E-state index contributed by atoms with van der Waals surface area (Å²) in [6.45, 7) is 9.37. The summed E-state index contributed by atoms with van der Waals surface area (Å²) in [5.74, 6) is 0.625. The number of carbonyl (C=O) groups is 3. The highest BCUT2D eigenvalue weighted by Gasteiger charge is 2.44. The first-order chi connectivity index (χ1) is 19.3. The van der Waals surface area contributed by atoms with Gasteiger partial charge in [-0.2, -0.15) is 0 Å². The van der Waals surface area contributed by atoms with Crippen molar-refractivity contribution >= 4 is 23.9 Å². The van der Waals surface area contributed by atoms with Gasteiger partial charge in [-0.25, -0.2) is 4.79 Å². The number of fused-ring (bicyclic) bond motifs is 2. The second-order valence-corrected chi connectivity index (χ2v) is 11.9. The average molecular weight is 565 g/mol. The van der Waals surface area contributed by atoms with E-state index in [1.807, 2.05) is 24.3 Å². The van der Waals surface area contributed by atoms with Crippen LogP contribution in [0.4, 0.5) is 4.79 Å². The minimum absolute atomic E-state index is 0.104. The van der Waals surface area contributed by atoms with E-state index >= 15 is 0 Å². The predicted molar refractivity (Wildman–Crippen MR) is 150 cm³/mol. The Morgan fingerprint density at radius 3 is 2.63 bits per heavy atom. The molecule has 3 aliphatic heterocycles. The summed E-state index contributed by atoms with van der Waals surface area (Å²) in [6.07, 6.45) is -1.10. The van der Waals surface area contributed by atoms with Gasteiger partial charge in [0.15, 0.2) is 0 Å². The van der Waals surface area contributed by atoms with Crippen LogP contribution in [0, 0.1) is 0 Å². The van der Waals surface area contributed by atoms with Crippen molar-refractivity contribution in [3.8, 4) is 11.5 Å². The third-order valence-corrected chi connectivity index (χ3v) is 7.23. The van der Waals surface area contributed by atoms with Crippen molar-refractivity contribution in [2.24, 2.45) is 4.99 Å². The van der Waals surface area contributed by atoms with E-state index in [0.29, 0.717) is 41.2 Å². The molecule has 11 nitrogen and oxygen atoms in total. The Kier molecular flexibility index (Phi) is 7.41. The minimum Gasteiger partial charge on any atom is -0.493 e. The van der Waals surface area contributed by atoms with Crippen molar-refractivity contribution in [3.63, 3.8) is 0 Å². The summed E-state index contributed by atoms with van der Waals surface area (Å²) in [5.41, 5.74) is -0.0237. The molecule has 3 N–H and O–H groups in total. The maximum Gasteiger partial charge on any atom is 0.414 e. The van der Waals surface area contributed by atoms with Gasteiger partial charge in [0.05, 0.1) is 25.2 Å². The van der Waals surface area contributed by atoms with Gasteiger partial charge in [-0.3, -0.25) is 24.8 Å². The van der Waals surface area contributed by atoms with Crippen molar-refractivity contribution in [1.29, 1.82) is 0 Å². The summed E-state index contributed by atoms with van der Waals surface area (Å²) >= 11 is 0. The first-order valence-corrected chi connectivity index (χ1v) is 13.7. The van der Waals surface area contributed by atoms with Crippen molar-refractivity contribution < 1.29 is 33.7 Å². The molecule has 2 aromatic rings. The highest BCUT2D eigenvalue weighted by molar-refractivity contribution is 6.05. The van der Waals surface area contributed by atoms with E-state index in [1.165, 1.54) is 4.90 Å². The lowest BCUT2D eigenvalue weighted by Gasteiger charge is -2.42. The number of benzene rings is 2. The zero-order valence-electron chi connectivity index (χ0n) is 23.9. The highest BCUT2D eigenvalue weighted by Crippen LogP contribution is 2.41. The van der Waals surface area contributed by atoms with Gasteiger partial charge in [0.25, 0.3) is 5.91 Å². The SMILES string of the molecule is CC(C)(C)OC(=O)NC1=NCCC(=O)N1[C@@H]1CCOc2ccc(C(=O)N[C@@H]3c4ccccc4OC(C)(C)[C@H]3O)cc21. The zero-order chi connectivity index (χ0) is 29.5. The third-order valence-electron chi connectivity index (χ3n) is 7.23. The average Bonchev–Trinajstić information content (AvgIpc) is 2.89. The van der Waals surface area contributed by atoms with E-state index < -0.39 is 41.4 Å². The number of guanidine groups is 1. The Hall–Kier alpha value is -4.12. The van der Waals surface area contributed by atoms with Crippen LogP contribution < -0.4 is 20.1 Å². The summed E-state index contributed by atoms with van der Waals surface area (Å²) in [5, 5.41) is 16.7. The Morgan fingerprint density at radius 2 is 1.88 bits per heavy atom. The molecule has 0 unspecified atom stereocenters. The molecule has 0 radical (unpaired) electrons. The predicted octanol–water partition coefficient (Wildman–Crippen LogP) is 3.63. The molecule has 3 aliphatic rings. The molecule has 218 valence electrons. The number of alkyl carbamates (subject to hydrolysis) is 1. The van der Waals surface area contributed by atoms with E-state index in [-0.39, 0.29) is 24.8 Å². The van der Waals surface area contributed by atoms with Gasteiger partial charge in [-0.15, -0.1) is 0 Å². The van der Waals surface area contributed by atoms with Gasteiger partial charge in [0, 0.05) is 29.5 Å². The quantitative estimate of drug-likeness (QED) is 0.518. The number of amides is 3. The number of rotatable bonds is 3. The monoisotopic (exact) mass is 564 g/mol. The number of hydrogen-bond donors (Lipinski definition) is 3. The molecule has 3 atom stereocenters. The van der Waals surface area contributed by atoms with Crippen LogP contribution in [0.1, 0.15) is 81.0 Å². The van der Waals surface area contributed by atoms with Crippen LogP contribution in [0.2, 0.25) is 0 Å². The molecule has 0 aliphatic carbocycles. The van der Waals surface area contributed by atoms with Crippen molar-refractivity contribution in [1.82, 2.24) is 15.5 Å². The third kappa shape index (κ3) is 5.85. The molecular weight excluding hydrogens is 528 g/mol. The second kappa shape index (κ2) is 10.7. The van der Waals surface area contributed by atoms with Crippen LogP contribution in [-0.2, 0) is 9.53 Å². The van der Waals surface area contributed by atoms with E-state index in [9.17, 15) is 19.5 Å². The van der Waals surface area contributed by atoms with Crippen LogP contribution in [0.25, 0.3) is 0 Å². The summed E-state index contributed by atoms with van der Waals surface area (Å²) in [7, 11) is 0. The lowest BCUT2D eigenvalue weighted by molar-refractivity contribution is -0.130. The fourth-order valence-electron chi connectivity index (χ4n) is 5.30. The molecular formula is C30H36N4O7. The number of para-hydroxylation sites is 1. The fraction of sp³-hybridized carbons (Fsp3) is 0.467. The number of hydrogen-bond acceptors (Lipinski definition) is 8. The Morgan fingerprint density at radius 1 is 1.12 bits per heavy atom. The lowest BCUT2D eigenvalue weighted by Crippen LogP contribution is -2.53. The molecule has 3 heterocycles. The molecule has 41 heavy (non-hydrogen) atoms. The number of aliphatic imine (C=N–C) groups is 1. The topological polar surface area (TPSA) is 139 Å². The molecule has 5 rings (SSSR count). The van der Waals surface area contributed by atoms with Crippen LogP contribution in [0.3, 0.4) is 0 Å². The molecule has 0 aromatic heterocycles. The summed E-state index contributed by atoms with van der Waals surface area (Å²) in [6, 6.07) is 11.1. The highest BCUT2D eigenvalue weighted by atomic mass is 16.6. The molecule has 0 saturated heterocycles. The number of nitrogens with one attached hydrogen (secondary N) is 2. The van der Waals surface area contributed by atoms with E-state index in [1.54, 1.807) is 52.8 Å². The van der Waals surface area contributed by atoms with Crippen LogP contribution in [0.5, 0.6) is 11.5 Å². The van der Waals surface area contributed by atoms with E-state index in [4.69, 9.17) is 14.2 Å². The fourth-order valence-corrected chi connectivity index (χ4v) is 5.30. The zero-order valence-corrected chi connectivity index (χ0v) is 23.9. The molecule has 2 aromatic carbocycles. The minimum atomic E-state index is -1.00. The van der Waals surface area contributed by atoms with Gasteiger partial charge in [0.1, 0.15) is 28.8 Å². The van der Waals surface area contributed by atoms with Gasteiger partial charge >= 0.3 is 6.09 Å². The molecule has 11 heteroatoms. The van der Waals surface area contributed by atoms with Gasteiger partial charge < -0.3 is 24.6 Å². The van der Waals surface area contributed by atoms with E-state index in [2.05, 4.69) is 15.6 Å². The molecule has 0 spiro atoms. The second-order valence-electron chi connectivity index (χ2n) is 11.9. The smallest absolute Gasteiger partial charge is 0.414 e. The Bertz CT molecular complexity index is 1400. The first-order valence-electron chi connectivity index (χ1n) is 13.7. The normalized spacial score (nSPS) is 23.2. The van der Waals surface area contributed by atoms with Crippen LogP contribution >= 0.6 is 0 Å². The summed E-state index contributed by atoms with van der Waals surface area (Å²) < 4.78 is 17.2. The maximum atomic E-state index is 13.6. The standard InChI is InChI=1S/C30H36N4O7/c1-29(2,3)41-28(38)33-27-31-14-12-23(35)34(27)20-13-15-39-21-11-10-17(16-19(20)21)26(37)32-24-18-8-6-7-9-22(18)40-30(4,5)25(24)36/h6-11,16,20,24-25,36H,12-15H2,1-5H3,(H,32,37)(H,31,33,38)/t20-,24-,25+/m1/s1. The Labute approximate surface area is 238 Å². The van der Waals surface area contributed by atoms with Crippen LogP contribution in [-0.4, -0.2) is 64.3 Å². The van der Waals surface area contributed by atoms with Crippen molar-refractivity contribution in [2.45, 2.75) is 76.9 Å². The molecule has 0 fully saturated rings. The van der Waals surface area contributed by atoms with E-state index in [0.717, 1.165) is 0 Å². The molecule has 3 amide bonds. The lowest BCUT2D eigenvalue weighted by atomic mass is 9.86. The number of ether oxygens (including phenoxy) is 3. The summed E-state index contributed by atoms with van der Waals surface area (Å²) in [4.78, 5) is 45.1. The molecule has 0 saturated carbocycles. The van der Waals surface area contributed by atoms with Gasteiger partial charge in [-0.05, 0) is 58.9 Å². The van der Waals surface area contributed by atoms with Gasteiger partial charge in [0.2, 0.25) is 11.9 Å². The number of nitrogens with zero attached hydrogens (tertiary/aromatic N) is 2. The van der Waals surface area contributed by atoms with Crippen molar-refractivity contribution in [2.75, 3.05) is 13.2 Å². The number of carbonyl (C=O) groups excluding carboxylic acids is 3.